The van der Waals surface area contributed by atoms with E-state index >= 15 is 0 Å². The van der Waals surface area contributed by atoms with Gasteiger partial charge in [0.1, 0.15) is 5.75 Å². The molecule has 2 rings (SSSR count). The fourth-order valence-electron chi connectivity index (χ4n) is 1.49. The zero-order valence-electron chi connectivity index (χ0n) is 9.35. The molecule has 4 nitrogen and oxygen atoms in total. The van der Waals surface area contributed by atoms with E-state index in [-0.39, 0.29) is 17.2 Å². The predicted molar refractivity (Wildman–Crippen MR) is 74.6 cm³/mol. The first-order valence-corrected chi connectivity index (χ1v) is 6.01. The van der Waals surface area contributed by atoms with Crippen LogP contribution < -0.4 is 11.1 Å². The summed E-state index contributed by atoms with van der Waals surface area (Å²) in [7, 11) is 0. The summed E-state index contributed by atoms with van der Waals surface area (Å²) >= 11 is 3.27. The van der Waals surface area contributed by atoms with Crippen molar-refractivity contribution < 1.29 is 9.90 Å². The number of nitrogen functional groups attached to an aromatic ring is 1. The molecule has 2 aromatic carbocycles. The highest BCUT2D eigenvalue weighted by Crippen LogP contribution is 2.24. The second kappa shape index (κ2) is 5.10. The normalized spacial score (nSPS) is 10.1. The van der Waals surface area contributed by atoms with Crippen LogP contribution in [0.4, 0.5) is 11.4 Å². The number of nitrogens with one attached hydrogen (secondary N) is 1. The summed E-state index contributed by atoms with van der Waals surface area (Å²) < 4.78 is 0.767. The predicted octanol–water partition coefficient (Wildman–Crippen LogP) is 2.99. The van der Waals surface area contributed by atoms with E-state index in [0.717, 1.165) is 4.47 Å². The zero-order chi connectivity index (χ0) is 13.1. The fourth-order valence-corrected chi connectivity index (χ4v) is 1.73. The Labute approximate surface area is 113 Å². The quantitative estimate of drug-likeness (QED) is 0.747. The standard InChI is InChI=1S/C13H11BrN2O2/c14-10-6-5-8(7-11(10)15)16-13(18)9-3-1-2-4-12(9)17/h1-7,17H,15H2,(H,16,18). The molecule has 4 N–H and O–H groups in total. The van der Waals surface area contributed by atoms with Crippen molar-refractivity contribution in [2.75, 3.05) is 11.1 Å². The van der Waals surface area contributed by atoms with E-state index in [1.54, 1.807) is 36.4 Å². The maximum atomic E-state index is 11.9. The minimum absolute atomic E-state index is 0.0555. The van der Waals surface area contributed by atoms with Crippen molar-refractivity contribution in [2.45, 2.75) is 0 Å². The molecule has 18 heavy (non-hydrogen) atoms. The number of anilines is 2. The monoisotopic (exact) mass is 306 g/mol. The van der Waals surface area contributed by atoms with Crippen LogP contribution in [-0.2, 0) is 0 Å². The Kier molecular flexibility index (Phi) is 3.53. The molecule has 0 saturated heterocycles. The number of hydrogen-bond donors (Lipinski definition) is 3. The van der Waals surface area contributed by atoms with Crippen LogP contribution in [0.25, 0.3) is 0 Å². The zero-order valence-corrected chi connectivity index (χ0v) is 10.9. The van der Waals surface area contributed by atoms with Gasteiger partial charge in [-0.15, -0.1) is 0 Å². The van der Waals surface area contributed by atoms with Crippen molar-refractivity contribution in [3.63, 3.8) is 0 Å². The highest BCUT2D eigenvalue weighted by atomic mass is 79.9. The Balaban J connectivity index is 2.22. The van der Waals surface area contributed by atoms with Gasteiger partial charge in [0.2, 0.25) is 0 Å². The molecule has 92 valence electrons. The van der Waals surface area contributed by atoms with E-state index < -0.39 is 0 Å². The van der Waals surface area contributed by atoms with Crippen molar-refractivity contribution in [1.29, 1.82) is 0 Å². The van der Waals surface area contributed by atoms with Crippen LogP contribution in [-0.4, -0.2) is 11.0 Å². The minimum atomic E-state index is -0.380. The Morgan fingerprint density at radius 3 is 2.61 bits per heavy atom. The molecule has 0 aliphatic rings. The molecular weight excluding hydrogens is 296 g/mol. The fraction of sp³-hybridized carbons (Fsp3) is 0. The number of carbonyl (C=O) groups excluding carboxylic acids is 1. The maximum absolute atomic E-state index is 11.9. The average molecular weight is 307 g/mol. The molecule has 0 saturated carbocycles. The average Bonchev–Trinajstić information content (AvgIpc) is 2.34. The third kappa shape index (κ3) is 2.62. The van der Waals surface area contributed by atoms with Crippen molar-refractivity contribution in [2.24, 2.45) is 0 Å². The Morgan fingerprint density at radius 1 is 1.22 bits per heavy atom. The summed E-state index contributed by atoms with van der Waals surface area (Å²) in [5.74, 6) is -0.435. The molecule has 0 radical (unpaired) electrons. The summed E-state index contributed by atoms with van der Waals surface area (Å²) in [6, 6.07) is 11.5. The highest BCUT2D eigenvalue weighted by molar-refractivity contribution is 9.10. The van der Waals surface area contributed by atoms with Gasteiger partial charge in [-0.05, 0) is 46.3 Å². The van der Waals surface area contributed by atoms with E-state index in [1.807, 2.05) is 0 Å². The molecule has 0 aliphatic carbocycles. The van der Waals surface area contributed by atoms with Crippen LogP contribution in [0.5, 0.6) is 5.75 Å². The third-order valence-electron chi connectivity index (χ3n) is 2.40. The molecule has 0 aliphatic heterocycles. The lowest BCUT2D eigenvalue weighted by molar-refractivity contribution is 0.102. The Hall–Kier alpha value is -2.01. The lowest BCUT2D eigenvalue weighted by Gasteiger charge is -2.08. The second-order valence-corrected chi connectivity index (χ2v) is 4.56. The lowest BCUT2D eigenvalue weighted by atomic mass is 10.2. The number of phenolic OH excluding ortho intramolecular Hbond substituents is 1. The first kappa shape index (κ1) is 12.4. The van der Waals surface area contributed by atoms with E-state index in [9.17, 15) is 9.90 Å². The summed E-state index contributed by atoms with van der Waals surface area (Å²) in [5.41, 5.74) is 7.04. The van der Waals surface area contributed by atoms with E-state index in [4.69, 9.17) is 5.73 Å². The first-order chi connectivity index (χ1) is 8.58. The van der Waals surface area contributed by atoms with Gasteiger partial charge in [-0.2, -0.15) is 0 Å². The summed E-state index contributed by atoms with van der Waals surface area (Å²) in [4.78, 5) is 11.9. The summed E-state index contributed by atoms with van der Waals surface area (Å²) in [5, 5.41) is 12.2. The number of nitrogens with two attached hydrogens (primary N) is 1. The highest BCUT2D eigenvalue weighted by Gasteiger charge is 2.10. The molecule has 1 amide bonds. The summed E-state index contributed by atoms with van der Waals surface area (Å²) in [6.45, 7) is 0. The number of para-hydroxylation sites is 1. The van der Waals surface area contributed by atoms with Gasteiger partial charge in [0.15, 0.2) is 0 Å². The number of halogens is 1. The van der Waals surface area contributed by atoms with Gasteiger partial charge in [-0.25, -0.2) is 0 Å². The number of amides is 1. The van der Waals surface area contributed by atoms with Crippen molar-refractivity contribution in [3.05, 3.63) is 52.5 Å². The molecule has 0 unspecified atom stereocenters. The number of phenols is 1. The van der Waals surface area contributed by atoms with Crippen LogP contribution >= 0.6 is 15.9 Å². The van der Waals surface area contributed by atoms with Gasteiger partial charge in [-0.1, -0.05) is 12.1 Å². The SMILES string of the molecule is Nc1cc(NC(=O)c2ccccc2O)ccc1Br. The van der Waals surface area contributed by atoms with Gasteiger partial charge in [0.25, 0.3) is 5.91 Å². The number of aromatic hydroxyl groups is 1. The molecule has 0 spiro atoms. The number of benzene rings is 2. The maximum Gasteiger partial charge on any atom is 0.259 e. The molecule has 5 heteroatoms. The van der Waals surface area contributed by atoms with Gasteiger partial charge >= 0.3 is 0 Å². The van der Waals surface area contributed by atoms with Gasteiger partial charge in [-0.3, -0.25) is 4.79 Å². The summed E-state index contributed by atoms with van der Waals surface area (Å²) in [6.07, 6.45) is 0. The van der Waals surface area contributed by atoms with Crippen LogP contribution in [0.1, 0.15) is 10.4 Å². The molecule has 0 aromatic heterocycles. The first-order valence-electron chi connectivity index (χ1n) is 5.22. The molecule has 0 bridgehead atoms. The lowest BCUT2D eigenvalue weighted by Crippen LogP contribution is -2.12. The van der Waals surface area contributed by atoms with Crippen LogP contribution in [0.3, 0.4) is 0 Å². The van der Waals surface area contributed by atoms with Gasteiger partial charge < -0.3 is 16.2 Å². The van der Waals surface area contributed by atoms with Gasteiger partial charge in [0.05, 0.1) is 5.56 Å². The van der Waals surface area contributed by atoms with Crippen molar-refractivity contribution in [3.8, 4) is 5.75 Å². The molecule has 0 heterocycles. The second-order valence-electron chi connectivity index (χ2n) is 3.71. The van der Waals surface area contributed by atoms with Crippen LogP contribution in [0, 0.1) is 0 Å². The van der Waals surface area contributed by atoms with Crippen molar-refractivity contribution in [1.82, 2.24) is 0 Å². The minimum Gasteiger partial charge on any atom is -0.507 e. The smallest absolute Gasteiger partial charge is 0.259 e. The Morgan fingerprint density at radius 2 is 1.94 bits per heavy atom. The van der Waals surface area contributed by atoms with Crippen LogP contribution in [0.2, 0.25) is 0 Å². The van der Waals surface area contributed by atoms with Crippen molar-refractivity contribution >= 4 is 33.2 Å². The molecule has 2 aromatic rings. The van der Waals surface area contributed by atoms with E-state index in [0.29, 0.717) is 11.4 Å². The topological polar surface area (TPSA) is 75.3 Å². The number of rotatable bonds is 2. The van der Waals surface area contributed by atoms with Crippen LogP contribution in [0.15, 0.2) is 46.9 Å². The molecule has 0 atom stereocenters. The van der Waals surface area contributed by atoms with Gasteiger partial charge in [0, 0.05) is 15.8 Å². The number of carbonyl (C=O) groups is 1. The molecular formula is C13H11BrN2O2. The third-order valence-corrected chi connectivity index (χ3v) is 3.12. The molecule has 0 fully saturated rings. The van der Waals surface area contributed by atoms with E-state index in [2.05, 4.69) is 21.2 Å². The van der Waals surface area contributed by atoms with E-state index in [1.165, 1.54) is 6.07 Å². The largest absolute Gasteiger partial charge is 0.507 e. The Bertz CT molecular complexity index is 599. The number of hydrogen-bond acceptors (Lipinski definition) is 3.